The molecule has 1 aromatic rings. The molecule has 0 aliphatic heterocycles. The number of allylic oxidation sites excluding steroid dienone is 2. The number of unbranched alkanes of at least 4 members (excludes halogenated alkanes) is 2. The normalized spacial score (nSPS) is 26.5. The molecule has 0 radical (unpaired) electrons. The Hall–Kier alpha value is -1.38. The lowest BCUT2D eigenvalue weighted by Crippen LogP contribution is -2.25. The van der Waals surface area contributed by atoms with Crippen molar-refractivity contribution in [2.75, 3.05) is 6.61 Å². The minimum Gasteiger partial charge on any atom is -0.491 e. The lowest BCUT2D eigenvalue weighted by atomic mass is 9.68. The number of aryl methyl sites for hydroxylation is 1. The highest BCUT2D eigenvalue weighted by Crippen LogP contribution is 2.42. The van der Waals surface area contributed by atoms with Crippen LogP contribution in [0.3, 0.4) is 0 Å². The Kier molecular flexibility index (Phi) is 10.5. The van der Waals surface area contributed by atoms with Gasteiger partial charge >= 0.3 is 0 Å². The third kappa shape index (κ3) is 7.32. The molecule has 0 saturated heterocycles. The number of rotatable bonds is 11. The van der Waals surface area contributed by atoms with Crippen LogP contribution >= 0.6 is 0 Å². The van der Waals surface area contributed by atoms with Crippen LogP contribution in [0.15, 0.2) is 24.3 Å². The van der Waals surface area contributed by atoms with E-state index in [1.54, 1.807) is 19.1 Å². The van der Waals surface area contributed by atoms with Crippen LogP contribution in [0.5, 0.6) is 5.75 Å². The summed E-state index contributed by atoms with van der Waals surface area (Å²) in [5.41, 5.74) is 0.435. The highest BCUT2D eigenvalue weighted by Gasteiger charge is 2.30. The van der Waals surface area contributed by atoms with Crippen molar-refractivity contribution in [2.45, 2.75) is 104 Å². The third-order valence-electron chi connectivity index (χ3n) is 8.01. The molecule has 1 aromatic carbocycles. The van der Waals surface area contributed by atoms with E-state index in [4.69, 9.17) is 4.74 Å². The predicted molar refractivity (Wildman–Crippen MR) is 130 cm³/mol. The van der Waals surface area contributed by atoms with Crippen LogP contribution in [0.2, 0.25) is 0 Å². The van der Waals surface area contributed by atoms with E-state index in [9.17, 15) is 8.78 Å². The molecule has 0 atom stereocenters. The zero-order valence-corrected chi connectivity index (χ0v) is 20.4. The fourth-order valence-electron chi connectivity index (χ4n) is 6.00. The van der Waals surface area contributed by atoms with E-state index < -0.39 is 11.6 Å². The zero-order valence-electron chi connectivity index (χ0n) is 20.4. The minimum absolute atomic E-state index is 0.00558. The van der Waals surface area contributed by atoms with Crippen molar-refractivity contribution in [1.82, 2.24) is 0 Å². The Morgan fingerprint density at radius 1 is 0.875 bits per heavy atom. The van der Waals surface area contributed by atoms with E-state index in [1.807, 2.05) is 0 Å². The minimum atomic E-state index is -0.860. The topological polar surface area (TPSA) is 9.23 Å². The van der Waals surface area contributed by atoms with Gasteiger partial charge in [-0.2, -0.15) is 4.39 Å². The van der Waals surface area contributed by atoms with E-state index in [1.165, 1.54) is 77.0 Å². The molecule has 0 amide bonds. The summed E-state index contributed by atoms with van der Waals surface area (Å²) in [4.78, 5) is 0. The number of hydrogen-bond donors (Lipinski definition) is 0. The third-order valence-corrected chi connectivity index (χ3v) is 8.01. The van der Waals surface area contributed by atoms with Gasteiger partial charge in [-0.05, 0) is 93.6 Å². The number of hydrogen-bond acceptors (Lipinski definition) is 1. The number of benzene rings is 1. The monoisotopic (exact) mass is 446 g/mol. The molecule has 0 unspecified atom stereocenters. The fraction of sp³-hybridized carbons (Fsp3) is 0.724. The zero-order chi connectivity index (χ0) is 22.8. The molecule has 180 valence electrons. The summed E-state index contributed by atoms with van der Waals surface area (Å²) in [5.74, 6) is 1.97. The standard InChI is InChI=1S/C29H44F2O/c1-3-5-6-9-22-12-16-24(17-13-22)25-18-14-23(15-19-25)10-7-8-11-26-20-21-27(32-4-2)29(31)28(26)30/h7,10,20-25H,3-6,8-9,11-19H2,1-2H3/t22-,23-,24-,25-. The van der Waals surface area contributed by atoms with Gasteiger partial charge in [0, 0.05) is 0 Å². The highest BCUT2D eigenvalue weighted by atomic mass is 19.2. The van der Waals surface area contributed by atoms with Gasteiger partial charge in [-0.3, -0.25) is 0 Å². The van der Waals surface area contributed by atoms with Gasteiger partial charge in [-0.1, -0.05) is 63.7 Å². The highest BCUT2D eigenvalue weighted by molar-refractivity contribution is 5.31. The van der Waals surface area contributed by atoms with Crippen LogP contribution in [-0.2, 0) is 6.42 Å². The van der Waals surface area contributed by atoms with E-state index in [0.717, 1.165) is 24.2 Å². The van der Waals surface area contributed by atoms with Crippen LogP contribution in [0.4, 0.5) is 8.78 Å². The fourth-order valence-corrected chi connectivity index (χ4v) is 6.00. The molecular weight excluding hydrogens is 402 g/mol. The second-order valence-corrected chi connectivity index (χ2v) is 10.2. The van der Waals surface area contributed by atoms with Gasteiger partial charge in [-0.25, -0.2) is 4.39 Å². The average Bonchev–Trinajstić information content (AvgIpc) is 2.82. The SMILES string of the molecule is CCCCC[C@H]1CC[C@H]([C@H]2CC[C@H](C=CCCc3ccc(OCC)c(F)c3F)CC2)CC1. The molecule has 0 spiro atoms. The molecule has 3 heteroatoms. The lowest BCUT2D eigenvalue weighted by Gasteiger charge is -2.37. The van der Waals surface area contributed by atoms with Crippen molar-refractivity contribution < 1.29 is 13.5 Å². The van der Waals surface area contributed by atoms with Gasteiger partial charge in [0.05, 0.1) is 6.61 Å². The quantitative estimate of drug-likeness (QED) is 0.243. The van der Waals surface area contributed by atoms with E-state index >= 15 is 0 Å². The summed E-state index contributed by atoms with van der Waals surface area (Å²) in [6.45, 7) is 4.40. The summed E-state index contributed by atoms with van der Waals surface area (Å²) in [6.07, 6.45) is 22.7. The van der Waals surface area contributed by atoms with Crippen LogP contribution in [-0.4, -0.2) is 6.61 Å². The molecule has 0 N–H and O–H groups in total. The summed E-state index contributed by atoms with van der Waals surface area (Å²) < 4.78 is 33.3. The Labute approximate surface area is 195 Å². The average molecular weight is 447 g/mol. The molecule has 2 aliphatic rings. The first-order valence-corrected chi connectivity index (χ1v) is 13.4. The lowest BCUT2D eigenvalue weighted by molar-refractivity contribution is 0.151. The smallest absolute Gasteiger partial charge is 0.200 e. The summed E-state index contributed by atoms with van der Waals surface area (Å²) in [5, 5.41) is 0. The Morgan fingerprint density at radius 3 is 2.22 bits per heavy atom. The molecule has 0 bridgehead atoms. The first kappa shape index (κ1) is 25.2. The Balaban J connectivity index is 1.34. The van der Waals surface area contributed by atoms with Crippen molar-refractivity contribution in [2.24, 2.45) is 23.7 Å². The Morgan fingerprint density at radius 2 is 1.56 bits per heavy atom. The van der Waals surface area contributed by atoms with E-state index in [-0.39, 0.29) is 5.75 Å². The molecule has 0 aromatic heterocycles. The van der Waals surface area contributed by atoms with Crippen molar-refractivity contribution in [3.05, 3.63) is 41.5 Å². The van der Waals surface area contributed by atoms with Crippen molar-refractivity contribution >= 4 is 0 Å². The number of ether oxygens (including phenoxy) is 1. The maximum Gasteiger partial charge on any atom is 0.200 e. The second-order valence-electron chi connectivity index (χ2n) is 10.2. The second kappa shape index (κ2) is 13.4. The van der Waals surface area contributed by atoms with E-state index in [2.05, 4.69) is 19.1 Å². The first-order valence-electron chi connectivity index (χ1n) is 13.4. The van der Waals surface area contributed by atoms with Crippen molar-refractivity contribution in [1.29, 1.82) is 0 Å². The summed E-state index contributed by atoms with van der Waals surface area (Å²) in [7, 11) is 0. The van der Waals surface area contributed by atoms with Gasteiger partial charge in [0.25, 0.3) is 0 Å². The summed E-state index contributed by atoms with van der Waals surface area (Å²) >= 11 is 0. The molecule has 1 nitrogen and oxygen atoms in total. The molecule has 3 rings (SSSR count). The van der Waals surface area contributed by atoms with Crippen LogP contribution in [0.1, 0.15) is 103 Å². The molecule has 32 heavy (non-hydrogen) atoms. The van der Waals surface area contributed by atoms with Crippen molar-refractivity contribution in [3.63, 3.8) is 0 Å². The van der Waals surface area contributed by atoms with Gasteiger partial charge in [0.1, 0.15) is 0 Å². The largest absolute Gasteiger partial charge is 0.491 e. The molecule has 2 fully saturated rings. The van der Waals surface area contributed by atoms with Gasteiger partial charge in [0.2, 0.25) is 5.82 Å². The van der Waals surface area contributed by atoms with E-state index in [0.29, 0.717) is 24.5 Å². The maximum atomic E-state index is 14.2. The van der Waals surface area contributed by atoms with Crippen LogP contribution in [0, 0.1) is 35.3 Å². The molecule has 0 heterocycles. The van der Waals surface area contributed by atoms with Crippen molar-refractivity contribution in [3.8, 4) is 5.75 Å². The van der Waals surface area contributed by atoms with Crippen LogP contribution < -0.4 is 4.74 Å². The molecular formula is C29H44F2O. The molecule has 2 aliphatic carbocycles. The first-order chi connectivity index (χ1) is 15.6. The number of halogens is 2. The van der Waals surface area contributed by atoms with Gasteiger partial charge in [-0.15, -0.1) is 0 Å². The van der Waals surface area contributed by atoms with Crippen LogP contribution in [0.25, 0.3) is 0 Å². The maximum absolute atomic E-state index is 14.2. The van der Waals surface area contributed by atoms with Gasteiger partial charge in [0.15, 0.2) is 11.6 Å². The van der Waals surface area contributed by atoms with Gasteiger partial charge < -0.3 is 4.74 Å². The molecule has 2 saturated carbocycles. The Bertz CT molecular complexity index is 697. The summed E-state index contributed by atoms with van der Waals surface area (Å²) in [6, 6.07) is 3.20. The predicted octanol–water partition coefficient (Wildman–Crippen LogP) is 9.05.